The van der Waals surface area contributed by atoms with Crippen molar-refractivity contribution < 1.29 is 35.6 Å². The third-order valence-electron chi connectivity index (χ3n) is 0.851. The van der Waals surface area contributed by atoms with Gasteiger partial charge in [0.25, 0.3) is 0 Å². The molecule has 0 spiro atoms. The molecule has 0 aromatic carbocycles. The van der Waals surface area contributed by atoms with Gasteiger partial charge in [-0.05, 0) is 0 Å². The first-order valence-corrected chi connectivity index (χ1v) is 6.58. The Hall–Kier alpha value is 0.365. The van der Waals surface area contributed by atoms with Gasteiger partial charge in [0.1, 0.15) is 0 Å². The van der Waals surface area contributed by atoms with Crippen molar-refractivity contribution in [3.8, 4) is 0 Å². The van der Waals surface area contributed by atoms with Crippen LogP contribution in [0.15, 0.2) is 0 Å². The molecule has 7 heavy (non-hydrogen) atoms. The minimum absolute atomic E-state index is 0.165. The van der Waals surface area contributed by atoms with Crippen molar-refractivity contribution in [2.75, 3.05) is 0 Å². The van der Waals surface area contributed by atoms with Crippen LogP contribution in [0.25, 0.3) is 0 Å². The molecule has 1 fully saturated rings. The van der Waals surface area contributed by atoms with E-state index in [0.29, 0.717) is 0 Å². The van der Waals surface area contributed by atoms with E-state index in [9.17, 15) is 4.79 Å². The Morgan fingerprint density at radius 1 is 1.86 bits per heavy atom. The van der Waals surface area contributed by atoms with Crippen LogP contribution in [0.1, 0.15) is 6.92 Å². The van der Waals surface area contributed by atoms with Gasteiger partial charge in [0.2, 0.25) is 0 Å². The Balaban J connectivity index is 2.48. The van der Waals surface area contributed by atoms with Crippen LogP contribution < -0.4 is 0 Å². The van der Waals surface area contributed by atoms with E-state index < -0.39 is 25.5 Å². The van der Waals surface area contributed by atoms with Crippen molar-refractivity contribution in [3.63, 3.8) is 0 Å². The van der Waals surface area contributed by atoms with Crippen molar-refractivity contribution in [2.24, 2.45) is 0 Å². The van der Waals surface area contributed by atoms with Crippen LogP contribution >= 0.6 is 0 Å². The van der Waals surface area contributed by atoms with Gasteiger partial charge in [0, 0.05) is 0 Å². The molecule has 0 aliphatic carbocycles. The molecule has 1 atom stereocenters. The van der Waals surface area contributed by atoms with Crippen molar-refractivity contribution in [1.82, 2.24) is 0 Å². The Labute approximate surface area is 54.7 Å². The predicted octanol–water partition coefficient (Wildman–Crippen LogP) is -0.139. The first-order valence-electron chi connectivity index (χ1n) is 2.09. The summed E-state index contributed by atoms with van der Waals surface area (Å²) in [5.74, 6) is -0.165. The summed E-state index contributed by atoms with van der Waals surface area (Å²) in [5.41, 5.74) is 0. The van der Waals surface area contributed by atoms with Gasteiger partial charge in [-0.2, -0.15) is 0 Å². The molecule has 1 saturated heterocycles. The molecule has 4 heteroatoms. The summed E-state index contributed by atoms with van der Waals surface area (Å²) < 4.78 is 9.54. The summed E-state index contributed by atoms with van der Waals surface area (Å²) in [6, 6.07) is 0. The normalized spacial score (nSPS) is 28.1. The van der Waals surface area contributed by atoms with Gasteiger partial charge >= 0.3 is 54.6 Å². The second kappa shape index (κ2) is 2.09. The molecule has 1 aliphatic heterocycles. The van der Waals surface area contributed by atoms with E-state index in [4.69, 9.17) is 2.64 Å². The van der Waals surface area contributed by atoms with Crippen LogP contribution in [0.2, 0.25) is 0 Å². The van der Waals surface area contributed by atoms with Crippen LogP contribution in [0.4, 0.5) is 0 Å². The molecule has 0 N–H and O–H groups in total. The third-order valence-corrected chi connectivity index (χ3v) is 4.89. The zero-order valence-corrected chi connectivity index (χ0v) is 9.51. The van der Waals surface area contributed by atoms with Gasteiger partial charge in [-0.1, -0.05) is 0 Å². The molecular formula is C3H4HgO3. The fourth-order valence-electron chi connectivity index (χ4n) is 0.380. The van der Waals surface area contributed by atoms with Crippen molar-refractivity contribution in [1.29, 1.82) is 0 Å². The summed E-state index contributed by atoms with van der Waals surface area (Å²) in [6.07, 6.45) is -0.248. The van der Waals surface area contributed by atoms with Crippen LogP contribution in [-0.4, -0.2) is 12.1 Å². The zero-order chi connectivity index (χ0) is 5.28. The summed E-state index contributed by atoms with van der Waals surface area (Å²) in [5, 5.41) is 0. The van der Waals surface area contributed by atoms with Gasteiger partial charge in [0.15, 0.2) is 0 Å². The van der Waals surface area contributed by atoms with Crippen LogP contribution in [0.3, 0.4) is 0 Å². The summed E-state index contributed by atoms with van der Waals surface area (Å²) in [6.45, 7) is 1.72. The Bertz CT molecular complexity index is 92.2. The third kappa shape index (κ3) is 1.13. The van der Waals surface area contributed by atoms with Crippen LogP contribution in [-0.2, 0) is 35.6 Å². The molecule has 1 heterocycles. The molecule has 0 aromatic rings. The molecular weight excluding hydrogens is 285 g/mol. The topological polar surface area (TPSA) is 35.5 Å². The number of hydrogen-bond donors (Lipinski definition) is 0. The van der Waals surface area contributed by atoms with E-state index >= 15 is 0 Å². The van der Waals surface area contributed by atoms with E-state index in [0.717, 1.165) is 0 Å². The maximum absolute atomic E-state index is 10.3. The molecule has 36 valence electrons. The van der Waals surface area contributed by atoms with Gasteiger partial charge < -0.3 is 0 Å². The standard InChI is InChI=1S/C3H5O3.Hg/c1-2(4)3(5)6;/h2H,1H3,(H,5,6);/q-1;+2/p-1. The Morgan fingerprint density at radius 2 is 2.57 bits per heavy atom. The Morgan fingerprint density at radius 3 is 2.71 bits per heavy atom. The summed E-state index contributed by atoms with van der Waals surface area (Å²) in [4.78, 5) is 10.3. The Kier molecular flexibility index (Phi) is 1.64. The maximum atomic E-state index is 10.3. The molecule has 0 bridgehead atoms. The molecule has 1 unspecified atom stereocenters. The molecule has 0 amide bonds. The van der Waals surface area contributed by atoms with E-state index in [1.165, 1.54) is 0 Å². The average Bonchev–Trinajstić information content (AvgIpc) is 1.91. The predicted molar refractivity (Wildman–Crippen MR) is 16.6 cm³/mol. The van der Waals surface area contributed by atoms with Gasteiger partial charge in [-0.25, -0.2) is 0 Å². The monoisotopic (exact) mass is 290 g/mol. The molecule has 3 nitrogen and oxygen atoms in total. The molecule has 0 aromatic heterocycles. The SMILES string of the molecule is CC1[O][Hg][O]C1=O. The fourth-order valence-corrected chi connectivity index (χ4v) is 3.33. The van der Waals surface area contributed by atoms with Gasteiger partial charge in [-0.3, -0.25) is 0 Å². The summed E-state index contributed by atoms with van der Waals surface area (Å²) in [7, 11) is 0. The number of rotatable bonds is 0. The molecule has 1 aliphatic rings. The van der Waals surface area contributed by atoms with E-state index in [-0.39, 0.29) is 12.1 Å². The first-order chi connectivity index (χ1) is 3.30. The van der Waals surface area contributed by atoms with Gasteiger partial charge in [-0.15, -0.1) is 0 Å². The number of hydrogen-bond acceptors (Lipinski definition) is 3. The first kappa shape index (κ1) is 5.50. The van der Waals surface area contributed by atoms with Crippen molar-refractivity contribution in [3.05, 3.63) is 0 Å². The van der Waals surface area contributed by atoms with E-state index in [1.807, 2.05) is 0 Å². The van der Waals surface area contributed by atoms with Crippen LogP contribution in [0, 0.1) is 0 Å². The minimum atomic E-state index is -1.52. The van der Waals surface area contributed by atoms with E-state index in [1.54, 1.807) is 6.92 Å². The molecule has 1 rings (SSSR count). The quantitative estimate of drug-likeness (QED) is 0.582. The van der Waals surface area contributed by atoms with Crippen molar-refractivity contribution in [2.45, 2.75) is 13.0 Å². The number of carbonyl (C=O) groups excluding carboxylic acids is 1. The second-order valence-corrected chi connectivity index (χ2v) is 4.72. The second-order valence-electron chi connectivity index (χ2n) is 1.39. The molecule has 0 saturated carbocycles. The zero-order valence-electron chi connectivity index (χ0n) is 4.01. The van der Waals surface area contributed by atoms with Crippen LogP contribution in [0.5, 0.6) is 0 Å². The number of carbonyl (C=O) groups is 1. The van der Waals surface area contributed by atoms with Crippen molar-refractivity contribution >= 4 is 5.97 Å². The van der Waals surface area contributed by atoms with E-state index in [2.05, 4.69) is 2.64 Å². The van der Waals surface area contributed by atoms with Gasteiger partial charge in [0.05, 0.1) is 0 Å². The average molecular weight is 289 g/mol. The summed E-state index contributed by atoms with van der Waals surface area (Å²) >= 11 is -1.52. The fraction of sp³-hybridized carbons (Fsp3) is 0.667. The molecule has 0 radical (unpaired) electrons.